The fraction of sp³-hybridized carbons (Fsp3) is 0.333. The van der Waals surface area contributed by atoms with Crippen LogP contribution in [0.1, 0.15) is 22.3 Å². The summed E-state index contributed by atoms with van der Waals surface area (Å²) < 4.78 is 41.1. The van der Waals surface area contributed by atoms with Crippen LogP contribution in [0.3, 0.4) is 0 Å². The van der Waals surface area contributed by atoms with E-state index in [9.17, 15) is 18.0 Å². The number of nitriles is 1. The van der Waals surface area contributed by atoms with E-state index in [2.05, 4.69) is 10.1 Å². The maximum Gasteiger partial charge on any atom is 0.393 e. The standard InChI is InChI=1S/C12H11F3N2O2/c1-19-10(6-12(13,14)15)17-11(18)9-4-2-8(7-16)3-5-9/h2-5,10H,6H2,1H3,(H,17,18)/t10-/m0/s1. The van der Waals surface area contributed by atoms with Crippen LogP contribution >= 0.6 is 0 Å². The third-order valence-electron chi connectivity index (χ3n) is 2.27. The number of carbonyl (C=O) groups is 1. The van der Waals surface area contributed by atoms with Gasteiger partial charge in [0.05, 0.1) is 18.1 Å². The zero-order chi connectivity index (χ0) is 14.5. The Bertz CT molecular complexity index is 477. The second-order valence-electron chi connectivity index (χ2n) is 3.71. The summed E-state index contributed by atoms with van der Waals surface area (Å²) in [5.41, 5.74) is 0.512. The summed E-state index contributed by atoms with van der Waals surface area (Å²) in [6, 6.07) is 7.39. The molecule has 0 aliphatic heterocycles. The van der Waals surface area contributed by atoms with E-state index in [0.29, 0.717) is 5.56 Å². The number of nitrogens with zero attached hydrogens (tertiary/aromatic N) is 1. The van der Waals surface area contributed by atoms with Crippen LogP contribution in [-0.4, -0.2) is 25.4 Å². The predicted molar refractivity (Wildman–Crippen MR) is 60.1 cm³/mol. The van der Waals surface area contributed by atoms with Crippen LogP contribution in [0, 0.1) is 11.3 Å². The van der Waals surface area contributed by atoms with Crippen LogP contribution in [-0.2, 0) is 4.74 Å². The van der Waals surface area contributed by atoms with Crippen LogP contribution in [0.4, 0.5) is 13.2 Å². The van der Waals surface area contributed by atoms with Crippen molar-refractivity contribution in [3.63, 3.8) is 0 Å². The Balaban J connectivity index is 2.69. The Morgan fingerprint density at radius 1 is 1.42 bits per heavy atom. The van der Waals surface area contributed by atoms with Crippen LogP contribution in [0.2, 0.25) is 0 Å². The van der Waals surface area contributed by atoms with Crippen molar-refractivity contribution in [1.29, 1.82) is 5.26 Å². The van der Waals surface area contributed by atoms with Crippen molar-refractivity contribution in [3.8, 4) is 6.07 Å². The number of methoxy groups -OCH3 is 1. The minimum Gasteiger partial charge on any atom is -0.361 e. The Morgan fingerprint density at radius 3 is 2.42 bits per heavy atom. The van der Waals surface area contributed by atoms with Crippen molar-refractivity contribution in [3.05, 3.63) is 35.4 Å². The highest BCUT2D eigenvalue weighted by Crippen LogP contribution is 2.21. The second-order valence-corrected chi connectivity index (χ2v) is 3.71. The zero-order valence-electron chi connectivity index (χ0n) is 9.99. The van der Waals surface area contributed by atoms with E-state index in [1.165, 1.54) is 24.3 Å². The van der Waals surface area contributed by atoms with Crippen LogP contribution in [0.15, 0.2) is 24.3 Å². The van der Waals surface area contributed by atoms with Gasteiger partial charge in [0.1, 0.15) is 6.23 Å². The van der Waals surface area contributed by atoms with Gasteiger partial charge < -0.3 is 10.1 Å². The number of hydrogen-bond donors (Lipinski definition) is 1. The van der Waals surface area contributed by atoms with Crippen molar-refractivity contribution in [2.24, 2.45) is 0 Å². The molecule has 0 saturated carbocycles. The third-order valence-corrected chi connectivity index (χ3v) is 2.27. The molecule has 7 heteroatoms. The quantitative estimate of drug-likeness (QED) is 0.855. The van der Waals surface area contributed by atoms with Gasteiger partial charge in [0, 0.05) is 12.7 Å². The zero-order valence-corrected chi connectivity index (χ0v) is 9.99. The minimum atomic E-state index is -4.43. The molecule has 0 fully saturated rings. The maximum atomic E-state index is 12.2. The topological polar surface area (TPSA) is 62.1 Å². The first-order valence-corrected chi connectivity index (χ1v) is 5.26. The van der Waals surface area contributed by atoms with Crippen molar-refractivity contribution >= 4 is 5.91 Å². The lowest BCUT2D eigenvalue weighted by Gasteiger charge is -2.18. The molecular formula is C12H11F3N2O2. The van der Waals surface area contributed by atoms with Gasteiger partial charge in [-0.2, -0.15) is 18.4 Å². The van der Waals surface area contributed by atoms with Crippen LogP contribution < -0.4 is 5.32 Å². The van der Waals surface area contributed by atoms with E-state index >= 15 is 0 Å². The number of halogens is 3. The number of hydrogen-bond acceptors (Lipinski definition) is 3. The van der Waals surface area contributed by atoms with Gasteiger partial charge in [0.2, 0.25) is 0 Å². The van der Waals surface area contributed by atoms with E-state index in [1.807, 2.05) is 6.07 Å². The smallest absolute Gasteiger partial charge is 0.361 e. The first kappa shape index (κ1) is 15.0. The molecule has 0 spiro atoms. The van der Waals surface area contributed by atoms with E-state index in [0.717, 1.165) is 7.11 Å². The lowest BCUT2D eigenvalue weighted by Crippen LogP contribution is -2.39. The highest BCUT2D eigenvalue weighted by molar-refractivity contribution is 5.94. The van der Waals surface area contributed by atoms with E-state index in [1.54, 1.807) is 0 Å². The number of amides is 1. The highest BCUT2D eigenvalue weighted by Gasteiger charge is 2.32. The molecule has 0 bridgehead atoms. The summed E-state index contributed by atoms with van der Waals surface area (Å²) >= 11 is 0. The van der Waals surface area contributed by atoms with E-state index < -0.39 is 24.7 Å². The predicted octanol–water partition coefficient (Wildman–Crippen LogP) is 2.21. The van der Waals surface area contributed by atoms with Gasteiger partial charge in [0.15, 0.2) is 0 Å². The highest BCUT2D eigenvalue weighted by atomic mass is 19.4. The van der Waals surface area contributed by atoms with E-state index in [4.69, 9.17) is 5.26 Å². The Kier molecular flexibility index (Phi) is 4.89. The Hall–Kier alpha value is -2.07. The fourth-order valence-electron chi connectivity index (χ4n) is 1.33. The van der Waals surface area contributed by atoms with Crippen LogP contribution in [0.5, 0.6) is 0 Å². The molecule has 4 nitrogen and oxygen atoms in total. The van der Waals surface area contributed by atoms with Crippen molar-refractivity contribution in [2.75, 3.05) is 7.11 Å². The average Bonchev–Trinajstić information content (AvgIpc) is 2.36. The van der Waals surface area contributed by atoms with Crippen molar-refractivity contribution in [1.82, 2.24) is 5.32 Å². The molecule has 1 rings (SSSR count). The van der Waals surface area contributed by atoms with Gasteiger partial charge in [-0.1, -0.05) is 0 Å². The second kappa shape index (κ2) is 6.20. The largest absolute Gasteiger partial charge is 0.393 e. The lowest BCUT2D eigenvalue weighted by atomic mass is 10.1. The van der Waals surface area contributed by atoms with Crippen LogP contribution in [0.25, 0.3) is 0 Å². The van der Waals surface area contributed by atoms with Gasteiger partial charge in [0.25, 0.3) is 5.91 Å². The molecule has 0 unspecified atom stereocenters. The SMILES string of the molecule is CO[C@@H](CC(F)(F)F)NC(=O)c1ccc(C#N)cc1. The van der Waals surface area contributed by atoms with Gasteiger partial charge in [-0.3, -0.25) is 4.79 Å². The summed E-state index contributed by atoms with van der Waals surface area (Å²) in [5, 5.41) is 10.7. The first-order valence-electron chi connectivity index (χ1n) is 5.26. The summed E-state index contributed by atoms with van der Waals surface area (Å²) in [6.07, 6.45) is -7.15. The van der Waals surface area contributed by atoms with Gasteiger partial charge >= 0.3 is 6.18 Å². The molecule has 19 heavy (non-hydrogen) atoms. The summed E-state index contributed by atoms with van der Waals surface area (Å²) in [6.45, 7) is 0. The normalized spacial score (nSPS) is 12.6. The molecule has 0 radical (unpaired) electrons. The van der Waals surface area contributed by atoms with Gasteiger partial charge in [-0.05, 0) is 24.3 Å². The summed E-state index contributed by atoms with van der Waals surface area (Å²) in [5.74, 6) is -0.694. The molecule has 102 valence electrons. The number of carbonyl (C=O) groups excluding carboxylic acids is 1. The average molecular weight is 272 g/mol. The Morgan fingerprint density at radius 2 is 2.00 bits per heavy atom. The summed E-state index contributed by atoms with van der Waals surface area (Å²) in [7, 11) is 1.08. The van der Waals surface area contributed by atoms with Crippen molar-refractivity contribution < 1.29 is 22.7 Å². The lowest BCUT2D eigenvalue weighted by molar-refractivity contribution is -0.159. The molecular weight excluding hydrogens is 261 g/mol. The molecule has 1 amide bonds. The molecule has 1 atom stereocenters. The first-order chi connectivity index (χ1) is 8.85. The molecule has 0 saturated heterocycles. The fourth-order valence-corrected chi connectivity index (χ4v) is 1.33. The van der Waals surface area contributed by atoms with Gasteiger partial charge in [-0.25, -0.2) is 0 Å². The number of alkyl halides is 3. The van der Waals surface area contributed by atoms with E-state index in [-0.39, 0.29) is 5.56 Å². The maximum absolute atomic E-state index is 12.2. The molecule has 0 heterocycles. The molecule has 0 aliphatic rings. The summed E-state index contributed by atoms with van der Waals surface area (Å²) in [4.78, 5) is 11.7. The monoisotopic (exact) mass is 272 g/mol. The molecule has 0 aromatic heterocycles. The molecule has 1 aromatic carbocycles. The van der Waals surface area contributed by atoms with Crippen molar-refractivity contribution in [2.45, 2.75) is 18.8 Å². The van der Waals surface area contributed by atoms with Gasteiger partial charge in [-0.15, -0.1) is 0 Å². The molecule has 0 aliphatic carbocycles. The minimum absolute atomic E-state index is 0.156. The number of benzene rings is 1. The Labute approximate surface area is 107 Å². The number of nitrogens with one attached hydrogen (secondary N) is 1. The number of rotatable bonds is 4. The number of ether oxygens (including phenoxy) is 1. The molecule has 1 aromatic rings. The third kappa shape index (κ3) is 4.97. The molecule has 1 N–H and O–H groups in total.